The van der Waals surface area contributed by atoms with Crippen molar-refractivity contribution in [3.8, 4) is 5.75 Å². The zero-order valence-electron chi connectivity index (χ0n) is 12.2. The zero-order chi connectivity index (χ0) is 18.6. The molecule has 0 heterocycles. The maximum atomic E-state index is 12.8. The molecule has 2 rings (SSSR count). The lowest BCUT2D eigenvalue weighted by molar-refractivity contribution is -0.137. The number of anilines is 2. The summed E-state index contributed by atoms with van der Waals surface area (Å²) in [6, 6.07) is 7.07. The fraction of sp³-hybridized carbons (Fsp3) is 0.133. The van der Waals surface area contributed by atoms with E-state index in [2.05, 4.69) is 15.4 Å². The van der Waals surface area contributed by atoms with Crippen molar-refractivity contribution < 1.29 is 31.5 Å². The van der Waals surface area contributed by atoms with Crippen LogP contribution in [0.1, 0.15) is 5.56 Å². The Bertz CT molecular complexity index is 751. The van der Waals surface area contributed by atoms with Crippen LogP contribution in [0.3, 0.4) is 0 Å². The Balaban J connectivity index is 2.03. The van der Waals surface area contributed by atoms with Gasteiger partial charge in [-0.15, -0.1) is 0 Å². The molecule has 134 valence electrons. The molecule has 0 saturated heterocycles. The van der Waals surface area contributed by atoms with Crippen LogP contribution in [0.2, 0.25) is 5.02 Å². The van der Waals surface area contributed by atoms with Crippen molar-refractivity contribution in [1.29, 1.82) is 0 Å². The first-order valence-electron chi connectivity index (χ1n) is 6.65. The number of benzene rings is 2. The number of amides is 2. The number of ether oxygens (including phenoxy) is 1. The van der Waals surface area contributed by atoms with Crippen LogP contribution in [0.5, 0.6) is 5.75 Å². The topological polar surface area (TPSA) is 50.4 Å². The van der Waals surface area contributed by atoms with Crippen LogP contribution in [-0.2, 0) is 6.18 Å². The maximum absolute atomic E-state index is 12.8. The second-order valence-electron chi connectivity index (χ2n) is 4.67. The Morgan fingerprint density at radius 2 is 1.56 bits per heavy atom. The van der Waals surface area contributed by atoms with Gasteiger partial charge < -0.3 is 15.4 Å². The highest BCUT2D eigenvalue weighted by atomic mass is 35.5. The Hall–Kier alpha value is -2.55. The van der Waals surface area contributed by atoms with E-state index < -0.39 is 29.4 Å². The van der Waals surface area contributed by atoms with E-state index in [0.29, 0.717) is 6.07 Å². The molecule has 2 aromatic rings. The van der Waals surface area contributed by atoms with Gasteiger partial charge in [-0.05, 0) is 42.5 Å². The summed E-state index contributed by atoms with van der Waals surface area (Å²) in [6.45, 7) is -2.98. The van der Waals surface area contributed by atoms with Gasteiger partial charge in [0.1, 0.15) is 5.75 Å². The molecule has 0 saturated carbocycles. The Morgan fingerprint density at radius 1 is 1.00 bits per heavy atom. The molecule has 10 heteroatoms. The number of alkyl halides is 5. The van der Waals surface area contributed by atoms with Crippen LogP contribution < -0.4 is 15.4 Å². The van der Waals surface area contributed by atoms with E-state index in [1.54, 1.807) is 0 Å². The van der Waals surface area contributed by atoms with E-state index in [1.807, 2.05) is 0 Å². The average Bonchev–Trinajstić information content (AvgIpc) is 2.49. The monoisotopic (exact) mass is 380 g/mol. The van der Waals surface area contributed by atoms with Gasteiger partial charge in [-0.1, -0.05) is 11.6 Å². The fourth-order valence-electron chi connectivity index (χ4n) is 1.83. The summed E-state index contributed by atoms with van der Waals surface area (Å²) >= 11 is 5.48. The molecule has 4 nitrogen and oxygen atoms in total. The van der Waals surface area contributed by atoms with Crippen molar-refractivity contribution in [2.75, 3.05) is 10.6 Å². The molecule has 0 aliphatic rings. The first-order chi connectivity index (χ1) is 11.6. The van der Waals surface area contributed by atoms with Gasteiger partial charge in [0.15, 0.2) is 0 Å². The molecule has 0 aromatic heterocycles. The summed E-state index contributed by atoms with van der Waals surface area (Å²) in [5.74, 6) is -0.103. The minimum Gasteiger partial charge on any atom is -0.435 e. The number of rotatable bonds is 4. The van der Waals surface area contributed by atoms with E-state index >= 15 is 0 Å². The molecule has 0 bridgehead atoms. The molecular formula is C15H10ClF5N2O2. The van der Waals surface area contributed by atoms with E-state index in [9.17, 15) is 26.7 Å². The van der Waals surface area contributed by atoms with Gasteiger partial charge in [-0.2, -0.15) is 22.0 Å². The summed E-state index contributed by atoms with van der Waals surface area (Å²) in [6.07, 6.45) is -4.66. The van der Waals surface area contributed by atoms with Crippen molar-refractivity contribution in [2.45, 2.75) is 12.8 Å². The van der Waals surface area contributed by atoms with Crippen molar-refractivity contribution in [3.05, 3.63) is 53.1 Å². The summed E-state index contributed by atoms with van der Waals surface area (Å²) in [5.41, 5.74) is -0.975. The lowest BCUT2D eigenvalue weighted by atomic mass is 10.2. The molecule has 0 spiro atoms. The third kappa shape index (κ3) is 5.49. The Kier molecular flexibility index (Phi) is 5.68. The van der Waals surface area contributed by atoms with Gasteiger partial charge in [0, 0.05) is 11.4 Å². The molecule has 0 aliphatic heterocycles. The van der Waals surface area contributed by atoms with E-state index in [1.165, 1.54) is 30.3 Å². The van der Waals surface area contributed by atoms with E-state index in [0.717, 1.165) is 6.07 Å². The minimum absolute atomic E-state index is 0.103. The van der Waals surface area contributed by atoms with Crippen molar-refractivity contribution in [1.82, 2.24) is 0 Å². The number of carbonyl (C=O) groups is 1. The highest BCUT2D eigenvalue weighted by molar-refractivity contribution is 6.31. The van der Waals surface area contributed by atoms with Gasteiger partial charge in [-0.3, -0.25) is 0 Å². The Labute approximate surface area is 143 Å². The Morgan fingerprint density at radius 3 is 2.12 bits per heavy atom. The quantitative estimate of drug-likeness (QED) is 0.678. The van der Waals surface area contributed by atoms with Crippen LogP contribution in [0.25, 0.3) is 0 Å². The predicted molar refractivity (Wildman–Crippen MR) is 82.2 cm³/mol. The van der Waals surface area contributed by atoms with Crippen LogP contribution in [0.4, 0.5) is 38.1 Å². The van der Waals surface area contributed by atoms with Crippen molar-refractivity contribution in [2.24, 2.45) is 0 Å². The molecule has 2 N–H and O–H groups in total. The molecule has 0 aliphatic carbocycles. The lowest BCUT2D eigenvalue weighted by Gasteiger charge is -2.12. The smallest absolute Gasteiger partial charge is 0.417 e. The van der Waals surface area contributed by atoms with Crippen molar-refractivity contribution >= 4 is 29.0 Å². The molecule has 2 aromatic carbocycles. The number of urea groups is 1. The largest absolute Gasteiger partial charge is 0.435 e. The minimum atomic E-state index is -4.66. The van der Waals surface area contributed by atoms with Gasteiger partial charge in [0.25, 0.3) is 0 Å². The fourth-order valence-corrected chi connectivity index (χ4v) is 2.06. The van der Waals surface area contributed by atoms with Crippen LogP contribution in [-0.4, -0.2) is 12.6 Å². The molecule has 0 fully saturated rings. The standard InChI is InChI=1S/C15H10ClF5N2O2/c16-12-6-3-9(7-11(12)15(19,20)21)23-14(24)22-8-1-4-10(5-2-8)25-13(17)18/h1-7,13H,(H2,22,23,24). The molecule has 0 unspecified atom stereocenters. The highest BCUT2D eigenvalue weighted by Gasteiger charge is 2.33. The summed E-state index contributed by atoms with van der Waals surface area (Å²) in [7, 11) is 0. The summed E-state index contributed by atoms with van der Waals surface area (Å²) in [5, 5.41) is 4.06. The van der Waals surface area contributed by atoms with Crippen LogP contribution >= 0.6 is 11.6 Å². The number of hydrogen-bond acceptors (Lipinski definition) is 2. The second-order valence-corrected chi connectivity index (χ2v) is 5.08. The zero-order valence-corrected chi connectivity index (χ0v) is 13.0. The number of nitrogens with one attached hydrogen (secondary N) is 2. The number of halogens is 6. The molecule has 2 amide bonds. The maximum Gasteiger partial charge on any atom is 0.417 e. The average molecular weight is 381 g/mol. The first kappa shape index (κ1) is 18.8. The first-order valence-corrected chi connectivity index (χ1v) is 7.02. The van der Waals surface area contributed by atoms with Crippen molar-refractivity contribution in [3.63, 3.8) is 0 Å². The SMILES string of the molecule is O=C(Nc1ccc(OC(F)F)cc1)Nc1ccc(Cl)c(C(F)(F)F)c1. The second kappa shape index (κ2) is 7.56. The normalized spacial score (nSPS) is 11.3. The van der Waals surface area contributed by atoms with Crippen LogP contribution in [0, 0.1) is 0 Å². The van der Waals surface area contributed by atoms with Gasteiger partial charge in [0.2, 0.25) is 0 Å². The number of carbonyl (C=O) groups excluding carboxylic acids is 1. The summed E-state index contributed by atoms with van der Waals surface area (Å²) in [4.78, 5) is 11.8. The number of hydrogen-bond donors (Lipinski definition) is 2. The molecule has 0 atom stereocenters. The lowest BCUT2D eigenvalue weighted by Crippen LogP contribution is -2.20. The van der Waals surface area contributed by atoms with Gasteiger partial charge >= 0.3 is 18.8 Å². The predicted octanol–water partition coefficient (Wildman–Crippen LogP) is 5.60. The van der Waals surface area contributed by atoms with Crippen LogP contribution in [0.15, 0.2) is 42.5 Å². The van der Waals surface area contributed by atoms with E-state index in [4.69, 9.17) is 11.6 Å². The summed E-state index contributed by atoms with van der Waals surface area (Å²) < 4.78 is 66.5. The van der Waals surface area contributed by atoms with Gasteiger partial charge in [-0.25, -0.2) is 4.79 Å². The third-order valence-electron chi connectivity index (χ3n) is 2.87. The molecule has 0 radical (unpaired) electrons. The highest BCUT2D eigenvalue weighted by Crippen LogP contribution is 2.36. The molecular weight excluding hydrogens is 371 g/mol. The molecule has 25 heavy (non-hydrogen) atoms. The third-order valence-corrected chi connectivity index (χ3v) is 3.20. The van der Waals surface area contributed by atoms with E-state index in [-0.39, 0.29) is 17.1 Å². The van der Waals surface area contributed by atoms with Gasteiger partial charge in [0.05, 0.1) is 10.6 Å².